The normalized spacial score (nSPS) is 14.2. The summed E-state index contributed by atoms with van der Waals surface area (Å²) in [6.45, 7) is 2.48. The summed E-state index contributed by atoms with van der Waals surface area (Å²) in [5.74, 6) is 0.829. The Bertz CT molecular complexity index is 385. The number of nitrogens with two attached hydrogens (primary N) is 1. The Morgan fingerprint density at radius 3 is 2.93 bits per heavy atom. The number of anilines is 1. The van der Waals surface area contributed by atoms with Crippen molar-refractivity contribution in [3.63, 3.8) is 0 Å². The number of fused-ring (bicyclic) bond motifs is 1. The maximum atomic E-state index is 11.6. The topological polar surface area (TPSA) is 52.3 Å². The van der Waals surface area contributed by atoms with Gasteiger partial charge in [0.2, 0.25) is 0 Å². The molecule has 3 nitrogen and oxygen atoms in total. The highest BCUT2D eigenvalue weighted by Gasteiger charge is 2.25. The van der Waals surface area contributed by atoms with Crippen molar-refractivity contribution < 1.29 is 9.53 Å². The van der Waals surface area contributed by atoms with Gasteiger partial charge in [-0.2, -0.15) is 0 Å². The number of Topliss-reactive ketones (excluding diaryl/α,β-unsaturated/α-hetero) is 1. The fourth-order valence-electron chi connectivity index (χ4n) is 1.86. The van der Waals surface area contributed by atoms with Crippen molar-refractivity contribution in [2.45, 2.75) is 19.8 Å². The molecular weight excluding hydrogens is 178 g/mol. The second-order valence-corrected chi connectivity index (χ2v) is 3.36. The molecule has 0 saturated carbocycles. The molecule has 2 N–H and O–H groups in total. The van der Waals surface area contributed by atoms with E-state index in [1.165, 1.54) is 0 Å². The first-order chi connectivity index (χ1) is 6.74. The Morgan fingerprint density at radius 2 is 2.21 bits per heavy atom. The highest BCUT2D eigenvalue weighted by Crippen LogP contribution is 2.34. The molecule has 0 bridgehead atoms. The van der Waals surface area contributed by atoms with Crippen molar-refractivity contribution >= 4 is 11.5 Å². The Balaban J connectivity index is 2.54. The van der Waals surface area contributed by atoms with Gasteiger partial charge in [0.05, 0.1) is 12.2 Å². The highest BCUT2D eigenvalue weighted by atomic mass is 16.5. The maximum absolute atomic E-state index is 11.6. The lowest BCUT2D eigenvalue weighted by atomic mass is 10.1. The Hall–Kier alpha value is -1.51. The van der Waals surface area contributed by atoms with Crippen LogP contribution in [-0.2, 0) is 6.42 Å². The summed E-state index contributed by atoms with van der Waals surface area (Å²) in [6.07, 6.45) is 1.31. The Kier molecular flexibility index (Phi) is 2.15. The Labute approximate surface area is 82.9 Å². The summed E-state index contributed by atoms with van der Waals surface area (Å²) in [4.78, 5) is 11.6. The van der Waals surface area contributed by atoms with Crippen molar-refractivity contribution in [3.05, 3.63) is 23.3 Å². The van der Waals surface area contributed by atoms with Gasteiger partial charge in [-0.05, 0) is 31.0 Å². The monoisotopic (exact) mass is 191 g/mol. The van der Waals surface area contributed by atoms with Gasteiger partial charge >= 0.3 is 0 Å². The van der Waals surface area contributed by atoms with Crippen LogP contribution in [0.2, 0.25) is 0 Å². The highest BCUT2D eigenvalue weighted by molar-refractivity contribution is 6.04. The molecule has 0 spiro atoms. The van der Waals surface area contributed by atoms with Crippen LogP contribution in [0, 0.1) is 0 Å². The molecule has 74 valence electrons. The van der Waals surface area contributed by atoms with Crippen molar-refractivity contribution in [1.29, 1.82) is 0 Å². The van der Waals surface area contributed by atoms with Crippen LogP contribution in [0.15, 0.2) is 12.1 Å². The average Bonchev–Trinajstić information content (AvgIpc) is 2.55. The first-order valence-corrected chi connectivity index (χ1v) is 4.81. The summed E-state index contributed by atoms with van der Waals surface area (Å²) in [5.41, 5.74) is 8.15. The molecule has 0 atom stereocenters. The van der Waals surface area contributed by atoms with Gasteiger partial charge in [-0.1, -0.05) is 0 Å². The molecule has 0 unspecified atom stereocenters. The lowest BCUT2D eigenvalue weighted by molar-refractivity contribution is 0.0991. The molecule has 1 aromatic carbocycles. The van der Waals surface area contributed by atoms with Crippen LogP contribution in [0.1, 0.15) is 29.3 Å². The smallest absolute Gasteiger partial charge is 0.167 e. The van der Waals surface area contributed by atoms with Crippen molar-refractivity contribution in [2.24, 2.45) is 0 Å². The van der Waals surface area contributed by atoms with Crippen LogP contribution < -0.4 is 10.5 Å². The summed E-state index contributed by atoms with van der Waals surface area (Å²) in [5, 5.41) is 0. The van der Waals surface area contributed by atoms with Gasteiger partial charge in [0.1, 0.15) is 5.75 Å². The van der Waals surface area contributed by atoms with Gasteiger partial charge in [0.15, 0.2) is 5.78 Å². The maximum Gasteiger partial charge on any atom is 0.167 e. The van der Waals surface area contributed by atoms with E-state index < -0.39 is 0 Å². The molecule has 1 aliphatic rings. The molecule has 0 aromatic heterocycles. The zero-order valence-electron chi connectivity index (χ0n) is 8.17. The zero-order valence-corrected chi connectivity index (χ0v) is 8.17. The number of ketones is 1. The third kappa shape index (κ3) is 1.25. The predicted molar refractivity (Wildman–Crippen MR) is 54.7 cm³/mol. The molecule has 0 radical (unpaired) electrons. The lowest BCUT2D eigenvalue weighted by Crippen LogP contribution is -2.02. The quantitative estimate of drug-likeness (QED) is 0.725. The van der Waals surface area contributed by atoms with E-state index in [1.54, 1.807) is 6.07 Å². The molecule has 14 heavy (non-hydrogen) atoms. The number of hydrogen-bond donors (Lipinski definition) is 1. The number of ether oxygens (including phenoxy) is 1. The molecule has 1 aromatic rings. The summed E-state index contributed by atoms with van der Waals surface area (Å²) >= 11 is 0. The van der Waals surface area contributed by atoms with Gasteiger partial charge in [-0.3, -0.25) is 4.79 Å². The molecule has 3 heteroatoms. The third-order valence-electron chi connectivity index (χ3n) is 2.49. The van der Waals surface area contributed by atoms with Gasteiger partial charge in [-0.15, -0.1) is 0 Å². The minimum atomic E-state index is 0.149. The van der Waals surface area contributed by atoms with E-state index in [-0.39, 0.29) is 5.78 Å². The van der Waals surface area contributed by atoms with Crippen LogP contribution >= 0.6 is 0 Å². The van der Waals surface area contributed by atoms with Crippen LogP contribution in [0.3, 0.4) is 0 Å². The van der Waals surface area contributed by atoms with Crippen molar-refractivity contribution in [2.75, 3.05) is 12.3 Å². The van der Waals surface area contributed by atoms with Crippen LogP contribution in [-0.4, -0.2) is 12.4 Å². The van der Waals surface area contributed by atoms with Crippen LogP contribution in [0.25, 0.3) is 0 Å². The molecular formula is C11H13NO2. The number of rotatable bonds is 2. The lowest BCUT2D eigenvalue weighted by Gasteiger charge is -2.09. The van der Waals surface area contributed by atoms with E-state index in [1.807, 2.05) is 13.0 Å². The largest absolute Gasteiger partial charge is 0.493 e. The molecule has 1 aliphatic carbocycles. The van der Waals surface area contributed by atoms with Gasteiger partial charge < -0.3 is 10.5 Å². The van der Waals surface area contributed by atoms with Gasteiger partial charge in [0.25, 0.3) is 0 Å². The zero-order chi connectivity index (χ0) is 10.1. The van der Waals surface area contributed by atoms with Gasteiger partial charge in [0, 0.05) is 12.1 Å². The minimum absolute atomic E-state index is 0.149. The fraction of sp³-hybridized carbons (Fsp3) is 0.364. The number of carbonyl (C=O) groups is 1. The van der Waals surface area contributed by atoms with Crippen molar-refractivity contribution in [1.82, 2.24) is 0 Å². The van der Waals surface area contributed by atoms with Crippen molar-refractivity contribution in [3.8, 4) is 5.75 Å². The summed E-state index contributed by atoms with van der Waals surface area (Å²) in [6, 6.07) is 3.59. The minimum Gasteiger partial charge on any atom is -0.493 e. The molecule has 0 heterocycles. The first-order valence-electron chi connectivity index (χ1n) is 4.81. The number of benzene rings is 1. The number of hydrogen-bond acceptors (Lipinski definition) is 3. The van der Waals surface area contributed by atoms with E-state index >= 15 is 0 Å². The molecule has 0 fully saturated rings. The average molecular weight is 191 g/mol. The summed E-state index contributed by atoms with van der Waals surface area (Å²) < 4.78 is 5.40. The van der Waals surface area contributed by atoms with E-state index in [9.17, 15) is 4.79 Å². The standard InChI is InChI=1S/C11H13NO2/c1-2-14-10-6-4-8(12)7-3-5-9(13)11(7)10/h4,6H,2-3,5,12H2,1H3. The first kappa shape index (κ1) is 9.06. The second-order valence-electron chi connectivity index (χ2n) is 3.36. The van der Waals surface area contributed by atoms with Gasteiger partial charge in [-0.25, -0.2) is 0 Å². The predicted octanol–water partition coefficient (Wildman–Crippen LogP) is 1.80. The van der Waals surface area contributed by atoms with Crippen LogP contribution in [0.4, 0.5) is 5.69 Å². The van der Waals surface area contributed by atoms with E-state index in [0.29, 0.717) is 30.0 Å². The van der Waals surface area contributed by atoms with E-state index in [2.05, 4.69) is 0 Å². The molecule has 0 saturated heterocycles. The summed E-state index contributed by atoms with van der Waals surface area (Å²) in [7, 11) is 0. The third-order valence-corrected chi connectivity index (χ3v) is 2.49. The SMILES string of the molecule is CCOc1ccc(N)c2c1C(=O)CC2. The second kappa shape index (κ2) is 3.33. The van der Waals surface area contributed by atoms with E-state index in [4.69, 9.17) is 10.5 Å². The Morgan fingerprint density at radius 1 is 1.43 bits per heavy atom. The number of nitrogen functional groups attached to an aromatic ring is 1. The van der Waals surface area contributed by atoms with Crippen LogP contribution in [0.5, 0.6) is 5.75 Å². The fourth-order valence-corrected chi connectivity index (χ4v) is 1.86. The molecule has 2 rings (SSSR count). The molecule has 0 amide bonds. The molecule has 0 aliphatic heterocycles. The number of carbonyl (C=O) groups excluding carboxylic acids is 1. The van der Waals surface area contributed by atoms with E-state index in [0.717, 1.165) is 12.0 Å².